The van der Waals surface area contributed by atoms with Crippen LogP contribution >= 0.6 is 11.8 Å². The molecule has 0 saturated carbocycles. The van der Waals surface area contributed by atoms with Crippen LogP contribution in [0.15, 0.2) is 27.8 Å². The van der Waals surface area contributed by atoms with E-state index in [0.717, 1.165) is 70.6 Å². The van der Waals surface area contributed by atoms with Crippen LogP contribution in [0.5, 0.6) is 0 Å². The summed E-state index contributed by atoms with van der Waals surface area (Å²) in [7, 11) is 0. The Morgan fingerprint density at radius 2 is 2.12 bits per heavy atom. The Hall–Kier alpha value is -1.18. The van der Waals surface area contributed by atoms with Gasteiger partial charge in [0, 0.05) is 44.4 Å². The third-order valence-electron chi connectivity index (χ3n) is 3.98. The highest BCUT2D eigenvalue weighted by atomic mass is 32.2. The molecule has 0 radical (unpaired) electrons. The van der Waals surface area contributed by atoms with Gasteiger partial charge in [-0.05, 0) is 18.4 Å². The van der Waals surface area contributed by atoms with E-state index in [0.29, 0.717) is 5.25 Å². The third kappa shape index (κ3) is 7.59. The van der Waals surface area contributed by atoms with Gasteiger partial charge in [0.25, 0.3) is 0 Å². The second kappa shape index (κ2) is 11.4. The molecule has 6 nitrogen and oxygen atoms in total. The van der Waals surface area contributed by atoms with Crippen LogP contribution in [0.4, 0.5) is 0 Å². The summed E-state index contributed by atoms with van der Waals surface area (Å²) < 4.78 is 10.8. The Morgan fingerprint density at radius 3 is 2.83 bits per heavy atom. The van der Waals surface area contributed by atoms with Gasteiger partial charge in [-0.25, -0.2) is 0 Å². The van der Waals surface area contributed by atoms with E-state index in [1.54, 1.807) is 6.26 Å². The highest BCUT2D eigenvalue weighted by Gasteiger charge is 2.10. The maximum atomic E-state index is 5.38. The van der Waals surface area contributed by atoms with E-state index in [1.165, 1.54) is 0 Å². The number of guanidine groups is 1. The third-order valence-corrected chi connectivity index (χ3v) is 4.93. The molecule has 0 aliphatic carbocycles. The normalized spacial score (nSPS) is 17.7. The summed E-state index contributed by atoms with van der Waals surface area (Å²) >= 11 is 1.84. The van der Waals surface area contributed by atoms with E-state index in [4.69, 9.17) is 14.1 Å². The molecule has 0 spiro atoms. The number of aliphatic imine (C=N–C) groups is 1. The molecular formula is C17H30N4O2S. The van der Waals surface area contributed by atoms with Crippen LogP contribution in [0, 0.1) is 0 Å². The Morgan fingerprint density at radius 1 is 1.33 bits per heavy atom. The monoisotopic (exact) mass is 354 g/mol. The van der Waals surface area contributed by atoms with E-state index >= 15 is 0 Å². The summed E-state index contributed by atoms with van der Waals surface area (Å²) in [5, 5.41) is 7.37. The van der Waals surface area contributed by atoms with Crippen molar-refractivity contribution in [1.82, 2.24) is 15.5 Å². The smallest absolute Gasteiger partial charge is 0.191 e. The molecule has 7 heteroatoms. The molecule has 2 heterocycles. The summed E-state index contributed by atoms with van der Waals surface area (Å²) in [6.45, 7) is 9.44. The lowest BCUT2D eigenvalue weighted by atomic mass is 10.3. The van der Waals surface area contributed by atoms with Gasteiger partial charge in [-0.2, -0.15) is 11.8 Å². The molecule has 2 N–H and O–H groups in total. The molecule has 0 aromatic carbocycles. The van der Waals surface area contributed by atoms with Gasteiger partial charge in [0.05, 0.1) is 26.0 Å². The fourth-order valence-electron chi connectivity index (χ4n) is 2.38. The van der Waals surface area contributed by atoms with Crippen molar-refractivity contribution < 1.29 is 9.15 Å². The quantitative estimate of drug-likeness (QED) is 0.517. The Kier molecular flexibility index (Phi) is 9.09. The fraction of sp³-hybridized carbons (Fsp3) is 0.706. The van der Waals surface area contributed by atoms with Gasteiger partial charge in [-0.1, -0.05) is 6.92 Å². The van der Waals surface area contributed by atoms with E-state index in [9.17, 15) is 0 Å². The van der Waals surface area contributed by atoms with E-state index in [-0.39, 0.29) is 0 Å². The van der Waals surface area contributed by atoms with Crippen LogP contribution in [0.3, 0.4) is 0 Å². The topological polar surface area (TPSA) is 62.0 Å². The molecule has 2 rings (SSSR count). The molecule has 1 fully saturated rings. The molecule has 1 aromatic heterocycles. The van der Waals surface area contributed by atoms with E-state index < -0.39 is 0 Å². The minimum absolute atomic E-state index is 0.521. The first-order valence-corrected chi connectivity index (χ1v) is 9.94. The zero-order valence-electron chi connectivity index (χ0n) is 14.8. The molecule has 1 atom stereocenters. The molecule has 24 heavy (non-hydrogen) atoms. The van der Waals surface area contributed by atoms with Crippen molar-refractivity contribution in [3.63, 3.8) is 0 Å². The summed E-state index contributed by atoms with van der Waals surface area (Å²) in [5.74, 6) is 1.88. The molecule has 1 aliphatic rings. The number of hydrogen-bond acceptors (Lipinski definition) is 5. The molecule has 1 unspecified atom stereocenters. The predicted molar refractivity (Wildman–Crippen MR) is 101 cm³/mol. The van der Waals surface area contributed by atoms with Crippen molar-refractivity contribution in [2.45, 2.75) is 18.6 Å². The highest BCUT2D eigenvalue weighted by molar-refractivity contribution is 7.99. The first-order chi connectivity index (χ1) is 11.8. The number of thioether (sulfide) groups is 1. The second-order valence-electron chi connectivity index (χ2n) is 5.87. The number of ether oxygens (including phenoxy) is 1. The Balaban J connectivity index is 1.73. The van der Waals surface area contributed by atoms with Crippen LogP contribution in [0.2, 0.25) is 0 Å². The lowest BCUT2D eigenvalue weighted by Crippen LogP contribution is -2.45. The molecule has 1 saturated heterocycles. The van der Waals surface area contributed by atoms with Crippen molar-refractivity contribution in [3.8, 4) is 0 Å². The summed E-state index contributed by atoms with van der Waals surface area (Å²) in [6.07, 6.45) is 4.69. The summed E-state index contributed by atoms with van der Waals surface area (Å²) in [5.41, 5.74) is 0. The first-order valence-electron chi connectivity index (χ1n) is 8.65. The van der Waals surface area contributed by atoms with Gasteiger partial charge in [-0.3, -0.25) is 9.89 Å². The number of hydrogen-bond donors (Lipinski definition) is 2. The van der Waals surface area contributed by atoms with Crippen molar-refractivity contribution in [3.05, 3.63) is 24.2 Å². The van der Waals surface area contributed by atoms with Gasteiger partial charge in [-0.15, -0.1) is 0 Å². The van der Waals surface area contributed by atoms with Crippen LogP contribution in [-0.2, 0) is 11.2 Å². The van der Waals surface area contributed by atoms with E-state index in [1.807, 2.05) is 23.9 Å². The number of furan rings is 1. The van der Waals surface area contributed by atoms with Crippen LogP contribution < -0.4 is 10.6 Å². The first kappa shape index (κ1) is 19.1. The largest absolute Gasteiger partial charge is 0.469 e. The van der Waals surface area contributed by atoms with Crippen molar-refractivity contribution in [2.24, 2.45) is 4.99 Å². The summed E-state index contributed by atoms with van der Waals surface area (Å²) in [6, 6.07) is 3.92. The van der Waals surface area contributed by atoms with Crippen molar-refractivity contribution in [2.75, 3.05) is 58.7 Å². The van der Waals surface area contributed by atoms with Gasteiger partial charge < -0.3 is 19.8 Å². The molecule has 1 aromatic rings. The minimum atomic E-state index is 0.521. The zero-order chi connectivity index (χ0) is 17.0. The molecular weight excluding hydrogens is 324 g/mol. The molecule has 0 bridgehead atoms. The van der Waals surface area contributed by atoms with Crippen molar-refractivity contribution in [1.29, 1.82) is 0 Å². The maximum Gasteiger partial charge on any atom is 0.191 e. The zero-order valence-corrected chi connectivity index (χ0v) is 15.6. The average molecular weight is 355 g/mol. The lowest BCUT2D eigenvalue weighted by Gasteiger charge is -2.26. The SMILES string of the molecule is CSC(C)CN=C(NCCc1ccco1)NCCN1CCOCC1. The number of rotatable bonds is 9. The number of morpholine rings is 1. The average Bonchev–Trinajstić information content (AvgIpc) is 3.13. The van der Waals surface area contributed by atoms with Gasteiger partial charge in [0.15, 0.2) is 5.96 Å². The fourth-order valence-corrected chi connectivity index (χ4v) is 2.61. The van der Waals surface area contributed by atoms with Crippen LogP contribution in [0.25, 0.3) is 0 Å². The highest BCUT2D eigenvalue weighted by Crippen LogP contribution is 2.04. The minimum Gasteiger partial charge on any atom is -0.469 e. The number of nitrogens with one attached hydrogen (secondary N) is 2. The number of nitrogens with zero attached hydrogens (tertiary/aromatic N) is 2. The molecule has 0 amide bonds. The van der Waals surface area contributed by atoms with Gasteiger partial charge in [0.1, 0.15) is 5.76 Å². The Labute approximate surface area is 149 Å². The summed E-state index contributed by atoms with van der Waals surface area (Å²) in [4.78, 5) is 7.11. The lowest BCUT2D eigenvalue weighted by molar-refractivity contribution is 0.0389. The second-order valence-corrected chi connectivity index (χ2v) is 7.15. The van der Waals surface area contributed by atoms with Crippen LogP contribution in [0.1, 0.15) is 12.7 Å². The maximum absolute atomic E-state index is 5.38. The predicted octanol–water partition coefficient (Wildman–Crippen LogP) is 1.44. The molecule has 136 valence electrons. The molecule has 1 aliphatic heterocycles. The van der Waals surface area contributed by atoms with Crippen LogP contribution in [-0.4, -0.2) is 74.8 Å². The van der Waals surface area contributed by atoms with Crippen molar-refractivity contribution >= 4 is 17.7 Å². The van der Waals surface area contributed by atoms with E-state index in [2.05, 4.69) is 28.7 Å². The standard InChI is InChI=1S/C17H30N4O2S/c1-15(24-2)14-20-17(18-6-5-16-4-3-11-23-16)19-7-8-21-9-12-22-13-10-21/h3-4,11,15H,5-10,12-14H2,1-2H3,(H2,18,19,20). The van der Waals surface area contributed by atoms with Gasteiger partial charge in [0.2, 0.25) is 0 Å². The van der Waals surface area contributed by atoms with Gasteiger partial charge >= 0.3 is 0 Å². The Bertz CT molecular complexity index is 461.